The third kappa shape index (κ3) is 4.46. The van der Waals surface area contributed by atoms with Crippen molar-refractivity contribution in [3.63, 3.8) is 0 Å². The molecule has 2 N–H and O–H groups in total. The number of aromatic amines is 1. The maximum atomic E-state index is 13.2. The van der Waals surface area contributed by atoms with Gasteiger partial charge in [0.2, 0.25) is 11.5 Å². The topological polar surface area (TPSA) is 83.3 Å². The number of carbonyl (C=O) groups is 2. The highest BCUT2D eigenvalue weighted by molar-refractivity contribution is 6.26. The Morgan fingerprint density at radius 1 is 1.13 bits per heavy atom. The van der Waals surface area contributed by atoms with Crippen molar-refractivity contribution < 1.29 is 19.1 Å². The fourth-order valence-corrected chi connectivity index (χ4v) is 4.84. The Labute approximate surface area is 182 Å². The molecule has 1 unspecified atom stereocenters. The summed E-state index contributed by atoms with van der Waals surface area (Å²) in [5.41, 5.74) is 3.16. The number of carbonyl (C=O) groups excluding carboxylic acids is 1. The van der Waals surface area contributed by atoms with E-state index in [2.05, 4.69) is 24.1 Å². The van der Waals surface area contributed by atoms with Gasteiger partial charge in [-0.2, -0.15) is 0 Å². The zero-order chi connectivity index (χ0) is 21.8. The van der Waals surface area contributed by atoms with E-state index in [4.69, 9.17) is 9.52 Å². The van der Waals surface area contributed by atoms with Gasteiger partial charge in [-0.1, -0.05) is 63.7 Å². The van der Waals surface area contributed by atoms with Gasteiger partial charge in [0.25, 0.3) is 0 Å². The second kappa shape index (κ2) is 9.54. The van der Waals surface area contributed by atoms with Crippen molar-refractivity contribution in [1.29, 1.82) is 0 Å². The van der Waals surface area contributed by atoms with Crippen molar-refractivity contribution in [2.45, 2.75) is 77.0 Å². The Hall–Kier alpha value is -2.82. The minimum absolute atomic E-state index is 0.0638. The number of carboxylic acids is 1. The van der Waals surface area contributed by atoms with Crippen LogP contribution in [0.1, 0.15) is 103 Å². The predicted molar refractivity (Wildman–Crippen MR) is 121 cm³/mol. The Morgan fingerprint density at radius 3 is 2.68 bits per heavy atom. The van der Waals surface area contributed by atoms with Gasteiger partial charge in [0.1, 0.15) is 0 Å². The normalized spacial score (nSPS) is 17.2. The zero-order valence-corrected chi connectivity index (χ0v) is 18.2. The van der Waals surface area contributed by atoms with Crippen molar-refractivity contribution in [1.82, 2.24) is 4.98 Å². The molecule has 0 aliphatic heterocycles. The molecule has 1 atom stereocenters. The van der Waals surface area contributed by atoms with Crippen molar-refractivity contribution in [3.8, 4) is 0 Å². The molecule has 2 aromatic heterocycles. The monoisotopic (exact) mass is 421 g/mol. The summed E-state index contributed by atoms with van der Waals surface area (Å²) in [5.74, 6) is -1.29. The lowest BCUT2D eigenvalue weighted by atomic mass is 9.84. The summed E-state index contributed by atoms with van der Waals surface area (Å²) in [6.45, 7) is 2.24. The lowest BCUT2D eigenvalue weighted by molar-refractivity contribution is 0.0660. The van der Waals surface area contributed by atoms with Crippen molar-refractivity contribution >= 4 is 23.4 Å². The van der Waals surface area contributed by atoms with Crippen LogP contribution in [-0.2, 0) is 6.42 Å². The quantitative estimate of drug-likeness (QED) is 0.424. The Bertz CT molecular complexity index is 1110. The van der Waals surface area contributed by atoms with Gasteiger partial charge in [0, 0.05) is 16.8 Å². The number of hydrogen-bond acceptors (Lipinski definition) is 3. The Kier molecular flexibility index (Phi) is 6.59. The molecule has 4 rings (SSSR count). The maximum absolute atomic E-state index is 13.2. The summed E-state index contributed by atoms with van der Waals surface area (Å²) in [4.78, 5) is 27.8. The number of hydrogen-bond donors (Lipinski definition) is 2. The molecule has 2 aliphatic rings. The molecule has 0 saturated heterocycles. The number of rotatable bonds is 10. The lowest BCUT2D eigenvalue weighted by Crippen LogP contribution is -2.23. The van der Waals surface area contributed by atoms with Gasteiger partial charge in [-0.05, 0) is 48.9 Å². The number of unbranched alkanes of at least 4 members (excludes halogenated alkanes) is 5. The molecule has 31 heavy (non-hydrogen) atoms. The molecule has 5 nitrogen and oxygen atoms in total. The van der Waals surface area contributed by atoms with E-state index in [-0.39, 0.29) is 17.3 Å². The van der Waals surface area contributed by atoms with Crippen LogP contribution in [0.15, 0.2) is 28.7 Å². The molecule has 164 valence electrons. The first-order valence-electron chi connectivity index (χ1n) is 11.6. The molecule has 2 aromatic rings. The van der Waals surface area contributed by atoms with Gasteiger partial charge in [-0.25, -0.2) is 4.79 Å². The SMILES string of the molecule is CCCCCCCCC1C=CC(C(=O)c2ccc(C(=O)O)o2)=c2[nH]c3c(c21)CCCC=3. The van der Waals surface area contributed by atoms with Gasteiger partial charge >= 0.3 is 5.97 Å². The highest BCUT2D eigenvalue weighted by Gasteiger charge is 2.27. The fourth-order valence-electron chi connectivity index (χ4n) is 4.84. The second-order valence-electron chi connectivity index (χ2n) is 8.64. The number of nitrogens with one attached hydrogen (secondary N) is 1. The number of ketones is 1. The van der Waals surface area contributed by atoms with E-state index in [0.717, 1.165) is 36.4 Å². The Balaban J connectivity index is 1.64. The number of aromatic carboxylic acids is 1. The molecule has 2 aliphatic carbocycles. The average Bonchev–Trinajstić information content (AvgIpc) is 3.41. The van der Waals surface area contributed by atoms with E-state index >= 15 is 0 Å². The van der Waals surface area contributed by atoms with Crippen molar-refractivity contribution in [2.75, 3.05) is 0 Å². The predicted octanol–water partition coefficient (Wildman–Crippen LogP) is 4.86. The van der Waals surface area contributed by atoms with E-state index in [0.29, 0.717) is 11.5 Å². The molecule has 0 bridgehead atoms. The number of aromatic nitrogens is 1. The van der Waals surface area contributed by atoms with Crippen LogP contribution in [0.2, 0.25) is 0 Å². The van der Waals surface area contributed by atoms with Gasteiger partial charge in [-0.3, -0.25) is 4.79 Å². The number of furan rings is 1. The van der Waals surface area contributed by atoms with E-state index in [9.17, 15) is 9.59 Å². The van der Waals surface area contributed by atoms with Crippen LogP contribution in [0, 0.1) is 0 Å². The molecule has 5 heteroatoms. The summed E-state index contributed by atoms with van der Waals surface area (Å²) in [7, 11) is 0. The average molecular weight is 422 g/mol. The third-order valence-electron chi connectivity index (χ3n) is 6.45. The van der Waals surface area contributed by atoms with E-state index < -0.39 is 5.97 Å². The molecular weight excluding hydrogens is 390 g/mol. The first-order chi connectivity index (χ1) is 15.1. The highest BCUT2D eigenvalue weighted by Crippen LogP contribution is 2.30. The zero-order valence-electron chi connectivity index (χ0n) is 18.2. The molecule has 0 radical (unpaired) electrons. The van der Waals surface area contributed by atoms with Crippen LogP contribution in [0.25, 0.3) is 11.6 Å². The summed E-state index contributed by atoms with van der Waals surface area (Å²) >= 11 is 0. The number of fused-ring (bicyclic) bond motifs is 3. The van der Waals surface area contributed by atoms with Crippen LogP contribution in [0.4, 0.5) is 0 Å². The summed E-state index contributed by atoms with van der Waals surface area (Å²) in [6, 6.07) is 2.78. The third-order valence-corrected chi connectivity index (χ3v) is 6.45. The first kappa shape index (κ1) is 21.4. The van der Waals surface area contributed by atoms with Crippen molar-refractivity contribution in [3.05, 3.63) is 57.6 Å². The Morgan fingerprint density at radius 2 is 1.90 bits per heavy atom. The number of Topliss-reactive ketones (excluding diaryl/α,β-unsaturated/α-hetero) is 1. The molecular formula is C26H31NO4. The van der Waals surface area contributed by atoms with Gasteiger partial charge in [-0.15, -0.1) is 0 Å². The summed E-state index contributed by atoms with van der Waals surface area (Å²) < 4.78 is 5.29. The molecule has 0 fully saturated rings. The first-order valence-corrected chi connectivity index (χ1v) is 11.6. The highest BCUT2D eigenvalue weighted by atomic mass is 16.4. The van der Waals surface area contributed by atoms with Gasteiger partial charge in [0.15, 0.2) is 5.76 Å². The molecule has 0 aromatic carbocycles. The number of allylic oxidation sites excluding steroid dienone is 2. The molecule has 0 spiro atoms. The second-order valence-corrected chi connectivity index (χ2v) is 8.64. The minimum atomic E-state index is -1.17. The molecule has 0 saturated carbocycles. The largest absolute Gasteiger partial charge is 0.475 e. The minimum Gasteiger partial charge on any atom is -0.475 e. The van der Waals surface area contributed by atoms with Crippen LogP contribution < -0.4 is 10.7 Å². The molecule has 2 heterocycles. The van der Waals surface area contributed by atoms with E-state index in [1.807, 2.05) is 6.08 Å². The summed E-state index contributed by atoms with van der Waals surface area (Å²) in [6.07, 6.45) is 18.2. The standard InChI is InChI=1S/C26H31NO4/c1-2-3-4-5-6-7-10-17-13-14-19(25(28)21-15-16-22(31-21)26(29)30)24-23(17)18-11-8-9-12-20(18)27-24/h12-17,27H,2-11H2,1H3,(H,29,30). The van der Waals surface area contributed by atoms with E-state index in [1.165, 1.54) is 61.8 Å². The van der Waals surface area contributed by atoms with E-state index in [1.54, 1.807) is 0 Å². The lowest BCUT2D eigenvalue weighted by Gasteiger charge is -2.19. The fraction of sp³-hybridized carbons (Fsp3) is 0.462. The van der Waals surface area contributed by atoms with Crippen molar-refractivity contribution in [2.24, 2.45) is 0 Å². The van der Waals surface area contributed by atoms with Crippen LogP contribution in [0.3, 0.4) is 0 Å². The van der Waals surface area contributed by atoms with Crippen LogP contribution in [-0.4, -0.2) is 21.8 Å². The molecule has 0 amide bonds. The van der Waals surface area contributed by atoms with Gasteiger partial charge < -0.3 is 14.5 Å². The van der Waals surface area contributed by atoms with Crippen LogP contribution in [0.5, 0.6) is 0 Å². The van der Waals surface area contributed by atoms with Crippen LogP contribution >= 0.6 is 0 Å². The maximum Gasteiger partial charge on any atom is 0.371 e. The summed E-state index contributed by atoms with van der Waals surface area (Å²) in [5, 5.41) is 11.1. The number of H-pyrrole nitrogens is 1. The van der Waals surface area contributed by atoms with Gasteiger partial charge in [0.05, 0.1) is 5.35 Å². The smallest absolute Gasteiger partial charge is 0.371 e. The number of carboxylic acid groups (broad SMARTS) is 1.